The van der Waals surface area contributed by atoms with Crippen molar-refractivity contribution in [3.63, 3.8) is 0 Å². The first-order valence-corrected chi connectivity index (χ1v) is 6.59. The van der Waals surface area contributed by atoms with E-state index >= 15 is 0 Å². The molecule has 0 spiro atoms. The van der Waals surface area contributed by atoms with Crippen molar-refractivity contribution in [2.24, 2.45) is 0 Å². The van der Waals surface area contributed by atoms with E-state index in [1.54, 1.807) is 45.0 Å². The Kier molecular flexibility index (Phi) is 5.55. The highest BCUT2D eigenvalue weighted by Gasteiger charge is 2.23. The molecule has 0 saturated heterocycles. The molecule has 0 bridgehead atoms. The summed E-state index contributed by atoms with van der Waals surface area (Å²) in [6, 6.07) is 6.52. The highest BCUT2D eigenvalue weighted by atomic mass is 16.7. The molecule has 1 amide bonds. The third kappa shape index (κ3) is 5.30. The summed E-state index contributed by atoms with van der Waals surface area (Å²) < 4.78 is 5.28. The second kappa shape index (κ2) is 6.93. The van der Waals surface area contributed by atoms with Crippen LogP contribution in [0, 0.1) is 0 Å². The number of ether oxygens (including phenoxy) is 1. The molecule has 0 aliphatic heterocycles. The zero-order valence-corrected chi connectivity index (χ0v) is 12.4. The first kappa shape index (κ1) is 16.0. The van der Waals surface area contributed by atoms with Crippen LogP contribution in [0.25, 0.3) is 0 Å². The Labute approximate surface area is 119 Å². The number of benzene rings is 1. The molecule has 1 rings (SSSR count). The minimum absolute atomic E-state index is 0.421. The van der Waals surface area contributed by atoms with Gasteiger partial charge in [0.1, 0.15) is 11.9 Å². The predicted octanol–water partition coefficient (Wildman–Crippen LogP) is 3.44. The van der Waals surface area contributed by atoms with Gasteiger partial charge in [0.15, 0.2) is 5.75 Å². The zero-order chi connectivity index (χ0) is 15.2. The molecule has 0 atom stereocenters. The molecule has 0 aliphatic rings. The number of rotatable bonds is 5. The van der Waals surface area contributed by atoms with Crippen molar-refractivity contribution in [1.82, 2.24) is 5.06 Å². The van der Waals surface area contributed by atoms with Gasteiger partial charge in [0.2, 0.25) is 0 Å². The maximum Gasteiger partial charge on any atom is 0.443 e. The van der Waals surface area contributed by atoms with Crippen molar-refractivity contribution in [1.29, 1.82) is 0 Å². The fourth-order valence-electron chi connectivity index (χ4n) is 1.42. The summed E-state index contributed by atoms with van der Waals surface area (Å²) in [7, 11) is 0. The van der Waals surface area contributed by atoms with E-state index in [1.807, 2.05) is 6.92 Å². The van der Waals surface area contributed by atoms with Crippen LogP contribution in [0.2, 0.25) is 0 Å². The average molecular weight is 279 g/mol. The van der Waals surface area contributed by atoms with Crippen LogP contribution in [0.15, 0.2) is 24.3 Å². The molecule has 0 saturated carbocycles. The maximum atomic E-state index is 12.0. The molecule has 20 heavy (non-hydrogen) atoms. The largest absolute Gasteiger partial charge is 0.443 e. The number of hydrogen-bond acceptors (Lipinski definition) is 4. The molecular weight excluding hydrogens is 258 g/mol. The van der Waals surface area contributed by atoms with Crippen molar-refractivity contribution >= 4 is 12.4 Å². The summed E-state index contributed by atoms with van der Waals surface area (Å²) in [5.74, 6) is 0.481. The molecule has 1 aromatic carbocycles. The molecule has 5 heteroatoms. The number of carbonyl (C=O) groups is 2. The summed E-state index contributed by atoms with van der Waals surface area (Å²) in [6.45, 7) is 7.76. The number of amides is 1. The summed E-state index contributed by atoms with van der Waals surface area (Å²) in [4.78, 5) is 28.1. The van der Waals surface area contributed by atoms with Crippen molar-refractivity contribution in [3.05, 3.63) is 29.8 Å². The third-order valence-corrected chi connectivity index (χ3v) is 2.26. The van der Waals surface area contributed by atoms with Crippen LogP contribution >= 0.6 is 0 Å². The van der Waals surface area contributed by atoms with Gasteiger partial charge >= 0.3 is 6.09 Å². The van der Waals surface area contributed by atoms with Crippen LogP contribution in [0.4, 0.5) is 4.79 Å². The molecule has 0 N–H and O–H groups in total. The monoisotopic (exact) mass is 279 g/mol. The minimum atomic E-state index is -0.576. The van der Waals surface area contributed by atoms with Crippen LogP contribution in [0.3, 0.4) is 0 Å². The topological polar surface area (TPSA) is 55.8 Å². The number of hydrogen-bond donors (Lipinski definition) is 0. The number of hydroxylamine groups is 2. The Bertz CT molecular complexity index is 448. The van der Waals surface area contributed by atoms with Gasteiger partial charge in [-0.25, -0.2) is 4.79 Å². The molecule has 0 heterocycles. The fourth-order valence-corrected chi connectivity index (χ4v) is 1.42. The summed E-state index contributed by atoms with van der Waals surface area (Å²) in [6.07, 6.45) is 0.964. The summed E-state index contributed by atoms with van der Waals surface area (Å²) in [5, 5.41) is 1.18. The summed E-state index contributed by atoms with van der Waals surface area (Å²) >= 11 is 0. The van der Waals surface area contributed by atoms with E-state index in [0.717, 1.165) is 12.7 Å². The van der Waals surface area contributed by atoms with E-state index in [9.17, 15) is 9.59 Å². The number of aldehydes is 1. The molecule has 0 fully saturated rings. The van der Waals surface area contributed by atoms with Crippen molar-refractivity contribution in [2.75, 3.05) is 6.54 Å². The standard InChI is InChI=1S/C15H21NO4/c1-5-10-16(14(18)19-15(2,3)4)20-13-8-6-12(11-17)7-9-13/h6-9,11H,5,10H2,1-4H3. The fraction of sp³-hybridized carbons (Fsp3) is 0.467. The first-order chi connectivity index (χ1) is 9.35. The average Bonchev–Trinajstić information content (AvgIpc) is 2.37. The van der Waals surface area contributed by atoms with Gasteiger partial charge in [-0.1, -0.05) is 6.92 Å². The lowest BCUT2D eigenvalue weighted by molar-refractivity contribution is -0.0722. The zero-order valence-electron chi connectivity index (χ0n) is 12.4. The lowest BCUT2D eigenvalue weighted by Crippen LogP contribution is -2.39. The Hall–Kier alpha value is -2.04. The second-order valence-corrected chi connectivity index (χ2v) is 5.36. The molecule has 5 nitrogen and oxygen atoms in total. The van der Waals surface area contributed by atoms with Crippen LogP contribution in [0.5, 0.6) is 5.75 Å². The smallest absolute Gasteiger partial charge is 0.442 e. The predicted molar refractivity (Wildman–Crippen MR) is 75.7 cm³/mol. The first-order valence-electron chi connectivity index (χ1n) is 6.59. The van der Waals surface area contributed by atoms with Gasteiger partial charge in [0.25, 0.3) is 0 Å². The van der Waals surface area contributed by atoms with Crippen LogP contribution in [-0.4, -0.2) is 29.6 Å². The van der Waals surface area contributed by atoms with Crippen LogP contribution < -0.4 is 4.84 Å². The Morgan fingerprint density at radius 2 is 1.85 bits per heavy atom. The van der Waals surface area contributed by atoms with Gasteiger partial charge in [-0.05, 0) is 51.5 Å². The van der Waals surface area contributed by atoms with E-state index < -0.39 is 11.7 Å². The van der Waals surface area contributed by atoms with E-state index in [-0.39, 0.29) is 0 Å². The van der Waals surface area contributed by atoms with Gasteiger partial charge in [0.05, 0.1) is 6.54 Å². The Morgan fingerprint density at radius 3 is 2.30 bits per heavy atom. The molecule has 110 valence electrons. The minimum Gasteiger partial charge on any atom is -0.442 e. The maximum absolute atomic E-state index is 12.0. The van der Waals surface area contributed by atoms with E-state index in [1.165, 1.54) is 5.06 Å². The molecule has 0 unspecified atom stereocenters. The highest BCUT2D eigenvalue weighted by molar-refractivity contribution is 5.74. The normalized spacial score (nSPS) is 10.8. The van der Waals surface area contributed by atoms with Crippen molar-refractivity contribution in [3.8, 4) is 5.75 Å². The highest BCUT2D eigenvalue weighted by Crippen LogP contribution is 2.16. The number of nitrogens with zero attached hydrogens (tertiary/aromatic N) is 1. The molecule has 1 aromatic rings. The van der Waals surface area contributed by atoms with Gasteiger partial charge in [-0.3, -0.25) is 4.79 Å². The van der Waals surface area contributed by atoms with E-state index in [0.29, 0.717) is 17.9 Å². The quantitative estimate of drug-likeness (QED) is 0.612. The SMILES string of the molecule is CCCN(Oc1ccc(C=O)cc1)C(=O)OC(C)(C)C. The third-order valence-electron chi connectivity index (χ3n) is 2.26. The molecule has 0 aromatic heterocycles. The van der Waals surface area contributed by atoms with Crippen molar-refractivity contribution in [2.45, 2.75) is 39.7 Å². The van der Waals surface area contributed by atoms with Crippen LogP contribution in [0.1, 0.15) is 44.5 Å². The van der Waals surface area contributed by atoms with Gasteiger partial charge in [-0.15, -0.1) is 5.06 Å². The Balaban J connectivity index is 2.75. The van der Waals surface area contributed by atoms with Gasteiger partial charge in [-0.2, -0.15) is 0 Å². The lowest BCUT2D eigenvalue weighted by Gasteiger charge is -2.26. The molecular formula is C15H21NO4. The van der Waals surface area contributed by atoms with E-state index in [2.05, 4.69) is 0 Å². The van der Waals surface area contributed by atoms with E-state index in [4.69, 9.17) is 9.57 Å². The summed E-state index contributed by atoms with van der Waals surface area (Å²) in [5.41, 5.74) is -0.0231. The van der Waals surface area contributed by atoms with Gasteiger partial charge < -0.3 is 9.57 Å². The lowest BCUT2D eigenvalue weighted by atomic mass is 10.2. The Morgan fingerprint density at radius 1 is 1.25 bits per heavy atom. The molecule has 0 aliphatic carbocycles. The van der Waals surface area contributed by atoms with Gasteiger partial charge in [0, 0.05) is 5.56 Å². The second-order valence-electron chi connectivity index (χ2n) is 5.36. The van der Waals surface area contributed by atoms with Crippen LogP contribution in [-0.2, 0) is 4.74 Å². The number of carbonyl (C=O) groups excluding carboxylic acids is 2. The molecule has 0 radical (unpaired) electrons. The van der Waals surface area contributed by atoms with Crippen molar-refractivity contribution < 1.29 is 19.2 Å².